The van der Waals surface area contributed by atoms with E-state index in [0.29, 0.717) is 11.6 Å². The normalized spacial score (nSPS) is 21.5. The van der Waals surface area contributed by atoms with Crippen molar-refractivity contribution in [2.75, 3.05) is 18.4 Å². The molecule has 2 aromatic rings. The van der Waals surface area contributed by atoms with Crippen molar-refractivity contribution in [1.82, 2.24) is 15.5 Å². The number of aromatic nitrogens is 2. The van der Waals surface area contributed by atoms with Gasteiger partial charge in [0.25, 0.3) is 0 Å². The summed E-state index contributed by atoms with van der Waals surface area (Å²) in [5.41, 5.74) is 1.02. The van der Waals surface area contributed by atoms with Crippen LogP contribution in [0.4, 0.5) is 9.52 Å². The number of rotatable bonds is 4. The maximum absolute atomic E-state index is 13.2. The molecule has 2 aliphatic rings. The van der Waals surface area contributed by atoms with Crippen LogP contribution in [0.25, 0.3) is 0 Å². The van der Waals surface area contributed by atoms with Crippen molar-refractivity contribution in [2.24, 2.45) is 11.3 Å². The molecule has 5 nitrogen and oxygen atoms in total. The number of benzene rings is 1. The van der Waals surface area contributed by atoms with Crippen LogP contribution in [0.2, 0.25) is 0 Å². The van der Waals surface area contributed by atoms with Crippen LogP contribution in [0.5, 0.6) is 0 Å². The molecular formula is C16H17FN4OS. The monoisotopic (exact) mass is 332 g/mol. The number of nitrogens with one attached hydrogen (secondary N) is 2. The van der Waals surface area contributed by atoms with Crippen LogP contribution < -0.4 is 10.6 Å². The molecule has 1 aromatic carbocycles. The molecule has 1 amide bonds. The maximum atomic E-state index is 13.2. The number of anilines is 1. The largest absolute Gasteiger partial charge is 0.315 e. The molecule has 120 valence electrons. The fourth-order valence-corrected chi connectivity index (χ4v) is 4.03. The standard InChI is InChI=1S/C16H17FN4OS/c17-11-3-1-2-10(6-11)7-13-20-21-15(23-13)19-14(22)12-8-18-9-16(12)4-5-16/h1-3,6,12,18H,4-5,7-9H2,(H,19,21,22). The predicted octanol–water partition coefficient (Wildman–Crippen LogP) is 2.21. The number of nitrogens with zero attached hydrogens (tertiary/aromatic N) is 2. The minimum atomic E-state index is -0.260. The number of amides is 1. The highest BCUT2D eigenvalue weighted by Crippen LogP contribution is 2.54. The van der Waals surface area contributed by atoms with E-state index >= 15 is 0 Å². The third kappa shape index (κ3) is 2.98. The number of hydrogen-bond donors (Lipinski definition) is 2. The van der Waals surface area contributed by atoms with Gasteiger partial charge in [0.1, 0.15) is 10.8 Å². The Balaban J connectivity index is 1.41. The molecule has 1 aliphatic carbocycles. The molecule has 1 unspecified atom stereocenters. The van der Waals surface area contributed by atoms with E-state index in [4.69, 9.17) is 0 Å². The van der Waals surface area contributed by atoms with Gasteiger partial charge in [0.05, 0.1) is 5.92 Å². The van der Waals surface area contributed by atoms with Crippen molar-refractivity contribution in [3.8, 4) is 0 Å². The van der Waals surface area contributed by atoms with Gasteiger partial charge in [-0.25, -0.2) is 4.39 Å². The van der Waals surface area contributed by atoms with Gasteiger partial charge in [-0.3, -0.25) is 4.79 Å². The molecule has 2 fully saturated rings. The van der Waals surface area contributed by atoms with Crippen molar-refractivity contribution >= 4 is 22.4 Å². The van der Waals surface area contributed by atoms with Gasteiger partial charge < -0.3 is 10.6 Å². The van der Waals surface area contributed by atoms with E-state index in [1.807, 2.05) is 6.07 Å². The Bertz CT molecular complexity index is 743. The molecule has 1 saturated heterocycles. The SMILES string of the molecule is O=C(Nc1nnc(Cc2cccc(F)c2)s1)C1CNCC12CC2. The second kappa shape index (κ2) is 5.65. The molecule has 1 aliphatic heterocycles. The number of hydrogen-bond acceptors (Lipinski definition) is 5. The van der Waals surface area contributed by atoms with E-state index in [1.165, 1.54) is 23.5 Å². The predicted molar refractivity (Wildman–Crippen MR) is 85.8 cm³/mol. The van der Waals surface area contributed by atoms with Crippen molar-refractivity contribution in [3.63, 3.8) is 0 Å². The molecule has 1 aromatic heterocycles. The van der Waals surface area contributed by atoms with Crippen LogP contribution in [0.1, 0.15) is 23.4 Å². The van der Waals surface area contributed by atoms with Crippen molar-refractivity contribution < 1.29 is 9.18 Å². The summed E-state index contributed by atoms with van der Waals surface area (Å²) in [5.74, 6) is -0.206. The Morgan fingerprint density at radius 1 is 1.43 bits per heavy atom. The van der Waals surface area contributed by atoms with Crippen molar-refractivity contribution in [3.05, 3.63) is 40.7 Å². The van der Waals surface area contributed by atoms with Gasteiger partial charge in [-0.2, -0.15) is 0 Å². The molecule has 7 heteroatoms. The van der Waals surface area contributed by atoms with E-state index in [1.54, 1.807) is 6.07 Å². The zero-order valence-electron chi connectivity index (χ0n) is 12.5. The number of carbonyl (C=O) groups is 1. The van der Waals surface area contributed by atoms with E-state index in [9.17, 15) is 9.18 Å². The van der Waals surface area contributed by atoms with Crippen molar-refractivity contribution in [1.29, 1.82) is 0 Å². The highest BCUT2D eigenvalue weighted by molar-refractivity contribution is 7.15. The Kier molecular flexibility index (Phi) is 3.61. The molecular weight excluding hydrogens is 315 g/mol. The lowest BCUT2D eigenvalue weighted by molar-refractivity contribution is -0.120. The van der Waals surface area contributed by atoms with E-state index < -0.39 is 0 Å². The summed E-state index contributed by atoms with van der Waals surface area (Å²) < 4.78 is 13.2. The first-order chi connectivity index (χ1) is 11.1. The minimum absolute atomic E-state index is 0.0260. The van der Waals surface area contributed by atoms with Crippen molar-refractivity contribution in [2.45, 2.75) is 19.3 Å². The molecule has 1 saturated carbocycles. The van der Waals surface area contributed by atoms with Gasteiger partial charge >= 0.3 is 0 Å². The second-order valence-corrected chi connectivity index (χ2v) is 7.40. The zero-order chi connectivity index (χ0) is 15.9. The molecule has 1 atom stereocenters. The molecule has 1 spiro atoms. The molecule has 23 heavy (non-hydrogen) atoms. The van der Waals surface area contributed by atoms with Crippen LogP contribution in [-0.2, 0) is 11.2 Å². The third-order valence-corrected chi connectivity index (χ3v) is 5.55. The Hall–Kier alpha value is -1.86. The van der Waals surface area contributed by atoms with Gasteiger partial charge in [-0.05, 0) is 36.0 Å². The topological polar surface area (TPSA) is 66.9 Å². The molecule has 4 rings (SSSR count). The quantitative estimate of drug-likeness (QED) is 0.901. The van der Waals surface area contributed by atoms with Gasteiger partial charge in [0.2, 0.25) is 11.0 Å². The summed E-state index contributed by atoms with van der Waals surface area (Å²) in [7, 11) is 0. The van der Waals surface area contributed by atoms with Crippen LogP contribution in [0, 0.1) is 17.2 Å². The molecule has 2 heterocycles. The summed E-state index contributed by atoms with van der Waals surface area (Å²) in [6.45, 7) is 1.67. The minimum Gasteiger partial charge on any atom is -0.315 e. The number of carbonyl (C=O) groups excluding carboxylic acids is 1. The molecule has 0 bridgehead atoms. The molecule has 0 radical (unpaired) electrons. The summed E-state index contributed by atoms with van der Waals surface area (Å²) in [6.07, 6.45) is 2.76. The van der Waals surface area contributed by atoms with Crippen LogP contribution in [0.15, 0.2) is 24.3 Å². The third-order valence-electron chi connectivity index (χ3n) is 4.71. The van der Waals surface area contributed by atoms with Gasteiger partial charge in [0, 0.05) is 19.5 Å². The van der Waals surface area contributed by atoms with Crippen LogP contribution >= 0.6 is 11.3 Å². The summed E-state index contributed by atoms with van der Waals surface area (Å²) in [6, 6.07) is 6.43. The zero-order valence-corrected chi connectivity index (χ0v) is 13.3. The average molecular weight is 332 g/mol. The highest BCUT2D eigenvalue weighted by Gasteiger charge is 2.55. The lowest BCUT2D eigenvalue weighted by atomic mass is 9.92. The van der Waals surface area contributed by atoms with Gasteiger partial charge in [0.15, 0.2) is 0 Å². The van der Waals surface area contributed by atoms with Crippen LogP contribution in [-0.4, -0.2) is 29.2 Å². The summed E-state index contributed by atoms with van der Waals surface area (Å²) >= 11 is 1.34. The van der Waals surface area contributed by atoms with Gasteiger partial charge in [-0.1, -0.05) is 23.5 Å². The average Bonchev–Trinajstić information content (AvgIpc) is 2.95. The van der Waals surface area contributed by atoms with E-state index in [2.05, 4.69) is 20.8 Å². The van der Waals surface area contributed by atoms with Crippen LogP contribution in [0.3, 0.4) is 0 Å². The maximum Gasteiger partial charge on any atom is 0.231 e. The fraction of sp³-hybridized carbons (Fsp3) is 0.438. The smallest absolute Gasteiger partial charge is 0.231 e. The molecule has 2 N–H and O–H groups in total. The van der Waals surface area contributed by atoms with E-state index in [-0.39, 0.29) is 23.1 Å². The first-order valence-corrected chi connectivity index (χ1v) is 8.55. The number of halogens is 1. The fourth-order valence-electron chi connectivity index (χ4n) is 3.25. The second-order valence-electron chi connectivity index (χ2n) is 6.34. The Morgan fingerprint density at radius 2 is 2.30 bits per heavy atom. The lowest BCUT2D eigenvalue weighted by Gasteiger charge is -2.15. The highest BCUT2D eigenvalue weighted by atomic mass is 32.1. The summed E-state index contributed by atoms with van der Waals surface area (Å²) in [4.78, 5) is 12.4. The van der Waals surface area contributed by atoms with Gasteiger partial charge in [-0.15, -0.1) is 10.2 Å². The Labute approximate surface area is 137 Å². The lowest BCUT2D eigenvalue weighted by Crippen LogP contribution is -2.29. The first-order valence-electron chi connectivity index (χ1n) is 7.73. The first kappa shape index (κ1) is 14.7. The summed E-state index contributed by atoms with van der Waals surface area (Å²) in [5, 5.41) is 15.6. The Morgan fingerprint density at radius 3 is 3.09 bits per heavy atom. The van der Waals surface area contributed by atoms with E-state index in [0.717, 1.165) is 36.5 Å².